The Labute approximate surface area is 161 Å². The van der Waals surface area contributed by atoms with Crippen LogP contribution in [0.15, 0.2) is 31.3 Å². The largest absolute Gasteiger partial charge is 0.503 e. The quantitative estimate of drug-likeness (QED) is 0.409. The standard InChI is InChI=1S/C16H17BrN6O4/c1-4-23-11-13(22(2)16(26)20-14(11)25)19-15(23)21-18-7-8-5-9(17)12(24)10(6-8)27-3/h5-7,24H,4H2,1-3H3,(H,19,21)(H,20,25,26)/b18-7+. The summed E-state index contributed by atoms with van der Waals surface area (Å²) in [5, 5.41) is 14.0. The molecule has 0 aliphatic carbocycles. The molecule has 2 aromatic heterocycles. The number of H-pyrrole nitrogens is 1. The smallest absolute Gasteiger partial charge is 0.329 e. The summed E-state index contributed by atoms with van der Waals surface area (Å²) in [6.07, 6.45) is 1.51. The lowest BCUT2D eigenvalue weighted by Crippen LogP contribution is -2.29. The van der Waals surface area contributed by atoms with Gasteiger partial charge in [-0.2, -0.15) is 10.1 Å². The number of phenols is 1. The van der Waals surface area contributed by atoms with Gasteiger partial charge < -0.3 is 14.4 Å². The van der Waals surface area contributed by atoms with Gasteiger partial charge in [-0.1, -0.05) is 0 Å². The summed E-state index contributed by atoms with van der Waals surface area (Å²) in [5.41, 5.74) is 2.94. The van der Waals surface area contributed by atoms with E-state index in [0.29, 0.717) is 28.3 Å². The molecule has 0 amide bonds. The van der Waals surface area contributed by atoms with Crippen molar-refractivity contribution in [1.29, 1.82) is 0 Å². The van der Waals surface area contributed by atoms with E-state index in [1.165, 1.54) is 24.9 Å². The van der Waals surface area contributed by atoms with Crippen molar-refractivity contribution in [2.24, 2.45) is 12.1 Å². The molecular formula is C16H17BrN6O4. The molecule has 0 bridgehead atoms. The summed E-state index contributed by atoms with van der Waals surface area (Å²) in [4.78, 5) is 30.5. The first-order chi connectivity index (χ1) is 12.9. The highest BCUT2D eigenvalue weighted by molar-refractivity contribution is 9.10. The first kappa shape index (κ1) is 18.7. The third kappa shape index (κ3) is 3.33. The number of nitrogens with zero attached hydrogens (tertiary/aromatic N) is 4. The Bertz CT molecular complexity index is 1160. The van der Waals surface area contributed by atoms with Crippen LogP contribution in [-0.4, -0.2) is 37.5 Å². The second kappa shape index (κ2) is 7.27. The molecular weight excluding hydrogens is 420 g/mol. The summed E-state index contributed by atoms with van der Waals surface area (Å²) in [6, 6.07) is 3.28. The summed E-state index contributed by atoms with van der Waals surface area (Å²) in [7, 11) is 2.98. The van der Waals surface area contributed by atoms with Crippen LogP contribution >= 0.6 is 15.9 Å². The number of phenolic OH excluding ortho intramolecular Hbond substituents is 1. The number of methoxy groups -OCH3 is 1. The Morgan fingerprint density at radius 3 is 2.85 bits per heavy atom. The third-order valence-corrected chi connectivity index (χ3v) is 4.58. The maximum absolute atomic E-state index is 12.1. The van der Waals surface area contributed by atoms with E-state index >= 15 is 0 Å². The monoisotopic (exact) mass is 436 g/mol. The molecule has 0 saturated heterocycles. The Balaban J connectivity index is 1.98. The van der Waals surface area contributed by atoms with Crippen molar-refractivity contribution in [3.05, 3.63) is 43.0 Å². The number of rotatable bonds is 5. The van der Waals surface area contributed by atoms with Crippen LogP contribution in [0.2, 0.25) is 0 Å². The van der Waals surface area contributed by atoms with E-state index in [0.717, 1.165) is 0 Å². The van der Waals surface area contributed by atoms with Gasteiger partial charge in [0.15, 0.2) is 22.7 Å². The zero-order valence-corrected chi connectivity index (χ0v) is 16.4. The van der Waals surface area contributed by atoms with Crippen LogP contribution in [0.3, 0.4) is 0 Å². The van der Waals surface area contributed by atoms with E-state index in [1.807, 2.05) is 6.92 Å². The highest BCUT2D eigenvalue weighted by Crippen LogP contribution is 2.34. The molecule has 11 heteroatoms. The van der Waals surface area contributed by atoms with Gasteiger partial charge >= 0.3 is 5.69 Å². The fourth-order valence-electron chi connectivity index (χ4n) is 2.62. The Hall–Kier alpha value is -3.08. The molecule has 0 spiro atoms. The first-order valence-corrected chi connectivity index (χ1v) is 8.71. The number of aromatic nitrogens is 4. The Kier molecular flexibility index (Phi) is 5.04. The fraction of sp³-hybridized carbons (Fsp3) is 0.250. The van der Waals surface area contributed by atoms with Gasteiger partial charge in [-0.25, -0.2) is 10.2 Å². The number of hydrogen-bond acceptors (Lipinski definition) is 7. The highest BCUT2D eigenvalue weighted by atomic mass is 79.9. The van der Waals surface area contributed by atoms with Gasteiger partial charge in [-0.15, -0.1) is 0 Å². The van der Waals surface area contributed by atoms with Gasteiger partial charge in [-0.05, 0) is 40.5 Å². The van der Waals surface area contributed by atoms with E-state index in [9.17, 15) is 14.7 Å². The summed E-state index contributed by atoms with van der Waals surface area (Å²) in [5.74, 6) is 0.615. The zero-order chi connectivity index (χ0) is 19.7. The minimum Gasteiger partial charge on any atom is -0.503 e. The van der Waals surface area contributed by atoms with Crippen molar-refractivity contribution < 1.29 is 9.84 Å². The molecule has 3 N–H and O–H groups in total. The van der Waals surface area contributed by atoms with Gasteiger partial charge in [-0.3, -0.25) is 14.3 Å². The van der Waals surface area contributed by atoms with Gasteiger partial charge in [0.05, 0.1) is 17.8 Å². The molecule has 0 aliphatic heterocycles. The van der Waals surface area contributed by atoms with Crippen LogP contribution in [-0.2, 0) is 13.6 Å². The number of imidazole rings is 1. The molecule has 0 unspecified atom stereocenters. The SMILES string of the molecule is CCn1c(N/N=C/c2cc(Br)c(O)c(OC)c2)nc2c1c(=O)[nH]c(=O)n2C. The number of halogens is 1. The molecule has 3 aromatic rings. The van der Waals surface area contributed by atoms with Gasteiger partial charge in [0.1, 0.15) is 0 Å². The van der Waals surface area contributed by atoms with Crippen molar-refractivity contribution in [2.45, 2.75) is 13.5 Å². The van der Waals surface area contributed by atoms with Gasteiger partial charge in [0.2, 0.25) is 5.95 Å². The minimum absolute atomic E-state index is 0.00414. The average molecular weight is 437 g/mol. The topological polar surface area (TPSA) is 127 Å². The molecule has 10 nitrogen and oxygen atoms in total. The normalized spacial score (nSPS) is 11.4. The number of ether oxygens (including phenoxy) is 1. The number of aryl methyl sites for hydroxylation is 2. The van der Waals surface area contributed by atoms with Crippen LogP contribution < -0.4 is 21.4 Å². The van der Waals surface area contributed by atoms with E-state index in [-0.39, 0.29) is 16.9 Å². The predicted octanol–water partition coefficient (Wildman–Crippen LogP) is 1.37. The summed E-state index contributed by atoms with van der Waals surface area (Å²) < 4.78 is 8.45. The molecule has 2 heterocycles. The van der Waals surface area contributed by atoms with Crippen molar-refractivity contribution in [3.63, 3.8) is 0 Å². The second-order valence-corrected chi connectivity index (χ2v) is 6.45. The highest BCUT2D eigenvalue weighted by Gasteiger charge is 2.16. The molecule has 3 rings (SSSR count). The molecule has 0 radical (unpaired) electrons. The van der Waals surface area contributed by atoms with Crippen LogP contribution in [0, 0.1) is 0 Å². The molecule has 0 saturated carbocycles. The lowest BCUT2D eigenvalue weighted by molar-refractivity contribution is 0.372. The van der Waals surface area contributed by atoms with E-state index in [2.05, 4.69) is 36.4 Å². The molecule has 142 valence electrons. The average Bonchev–Trinajstić information content (AvgIpc) is 3.01. The zero-order valence-electron chi connectivity index (χ0n) is 14.8. The predicted molar refractivity (Wildman–Crippen MR) is 105 cm³/mol. The van der Waals surface area contributed by atoms with Crippen LogP contribution in [0.1, 0.15) is 12.5 Å². The van der Waals surface area contributed by atoms with E-state index in [1.54, 1.807) is 16.7 Å². The lowest BCUT2D eigenvalue weighted by atomic mass is 10.2. The molecule has 1 aromatic carbocycles. The molecule has 0 fully saturated rings. The van der Waals surface area contributed by atoms with Crippen LogP contribution in [0.4, 0.5) is 5.95 Å². The number of hydrogen-bond donors (Lipinski definition) is 3. The maximum Gasteiger partial charge on any atom is 0.329 e. The number of hydrazone groups is 1. The van der Waals surface area contributed by atoms with E-state index in [4.69, 9.17) is 4.74 Å². The number of nitrogens with one attached hydrogen (secondary N) is 2. The summed E-state index contributed by atoms with van der Waals surface area (Å²) in [6.45, 7) is 2.30. The van der Waals surface area contributed by atoms with Crippen LogP contribution in [0.5, 0.6) is 11.5 Å². The van der Waals surface area contributed by atoms with Crippen molar-refractivity contribution in [1.82, 2.24) is 19.1 Å². The number of benzene rings is 1. The second-order valence-electron chi connectivity index (χ2n) is 5.59. The van der Waals surface area contributed by atoms with Gasteiger partial charge in [0, 0.05) is 13.6 Å². The van der Waals surface area contributed by atoms with Gasteiger partial charge in [0.25, 0.3) is 5.56 Å². The molecule has 0 atom stereocenters. The minimum atomic E-state index is -0.538. The number of aromatic hydroxyl groups is 1. The Morgan fingerprint density at radius 1 is 1.44 bits per heavy atom. The van der Waals surface area contributed by atoms with Crippen molar-refractivity contribution in [2.75, 3.05) is 12.5 Å². The lowest BCUT2D eigenvalue weighted by Gasteiger charge is -2.06. The molecule has 0 aliphatic rings. The van der Waals surface area contributed by atoms with Crippen LogP contribution in [0.25, 0.3) is 11.2 Å². The van der Waals surface area contributed by atoms with E-state index < -0.39 is 11.2 Å². The fourth-order valence-corrected chi connectivity index (χ4v) is 3.08. The number of fused-ring (bicyclic) bond motifs is 1. The first-order valence-electron chi connectivity index (χ1n) is 7.92. The number of anilines is 1. The number of aromatic amines is 1. The molecule has 27 heavy (non-hydrogen) atoms. The Morgan fingerprint density at radius 2 is 2.19 bits per heavy atom. The maximum atomic E-state index is 12.1. The van der Waals surface area contributed by atoms with Crippen molar-refractivity contribution >= 4 is 39.3 Å². The summed E-state index contributed by atoms with van der Waals surface area (Å²) >= 11 is 3.24. The third-order valence-electron chi connectivity index (χ3n) is 3.97. The van der Waals surface area contributed by atoms with Crippen molar-refractivity contribution in [3.8, 4) is 11.5 Å².